The van der Waals surface area contributed by atoms with Crippen molar-refractivity contribution in [2.45, 2.75) is 31.9 Å². The lowest BCUT2D eigenvalue weighted by molar-refractivity contribution is 0.0694. The lowest BCUT2D eigenvalue weighted by Crippen LogP contribution is -2.15. The van der Waals surface area contributed by atoms with Crippen molar-refractivity contribution in [2.24, 2.45) is 0 Å². The molecule has 7 heteroatoms. The van der Waals surface area contributed by atoms with E-state index in [9.17, 15) is 13.2 Å². The predicted molar refractivity (Wildman–Crippen MR) is 66.2 cm³/mol. The molecule has 1 N–H and O–H groups in total. The third kappa shape index (κ3) is 3.25. The number of hydrogen-bond donors (Lipinski definition) is 1. The standard InChI is InChI=1S/C11H16N2O4S/c1-4-5-9-8(11(14)15)6-12-10(13-9)7(2)18(3,16)17/h6-7H,4-5H2,1-3H3,(H,14,15). The Balaban J connectivity index is 3.27. The second kappa shape index (κ2) is 5.43. The fourth-order valence-electron chi connectivity index (χ4n) is 1.43. The van der Waals surface area contributed by atoms with Crippen LogP contribution in [0.2, 0.25) is 0 Å². The average molecular weight is 272 g/mol. The van der Waals surface area contributed by atoms with E-state index < -0.39 is 21.1 Å². The molecule has 1 unspecified atom stereocenters. The highest BCUT2D eigenvalue weighted by Gasteiger charge is 2.22. The van der Waals surface area contributed by atoms with Gasteiger partial charge in [-0.2, -0.15) is 0 Å². The van der Waals surface area contributed by atoms with E-state index in [1.807, 2.05) is 6.92 Å². The zero-order chi connectivity index (χ0) is 13.9. The Labute approximate surface area is 106 Å². The lowest BCUT2D eigenvalue weighted by Gasteiger charge is -2.10. The van der Waals surface area contributed by atoms with Gasteiger partial charge in [0.15, 0.2) is 9.84 Å². The smallest absolute Gasteiger partial charge is 0.339 e. The van der Waals surface area contributed by atoms with Crippen LogP contribution in [0, 0.1) is 0 Å². The highest BCUT2D eigenvalue weighted by molar-refractivity contribution is 7.90. The van der Waals surface area contributed by atoms with E-state index in [1.54, 1.807) is 0 Å². The molecule has 0 aliphatic heterocycles. The maximum absolute atomic E-state index is 11.4. The molecule has 18 heavy (non-hydrogen) atoms. The second-order valence-corrected chi connectivity index (χ2v) is 6.48. The minimum Gasteiger partial charge on any atom is -0.478 e. The summed E-state index contributed by atoms with van der Waals surface area (Å²) >= 11 is 0. The van der Waals surface area contributed by atoms with Gasteiger partial charge in [0.05, 0.1) is 11.3 Å². The molecule has 1 rings (SSSR count). The Bertz CT molecular complexity index is 554. The van der Waals surface area contributed by atoms with Gasteiger partial charge in [0.25, 0.3) is 0 Å². The highest BCUT2D eigenvalue weighted by atomic mass is 32.2. The molecule has 100 valence electrons. The summed E-state index contributed by atoms with van der Waals surface area (Å²) < 4.78 is 22.8. The van der Waals surface area contributed by atoms with Crippen LogP contribution >= 0.6 is 0 Å². The molecule has 0 bridgehead atoms. The number of carboxylic acids is 1. The summed E-state index contributed by atoms with van der Waals surface area (Å²) in [6, 6.07) is 0. The Hall–Kier alpha value is -1.50. The van der Waals surface area contributed by atoms with Crippen LogP contribution in [0.3, 0.4) is 0 Å². The van der Waals surface area contributed by atoms with Gasteiger partial charge >= 0.3 is 5.97 Å². The van der Waals surface area contributed by atoms with Gasteiger partial charge in [-0.1, -0.05) is 13.3 Å². The number of carbonyl (C=O) groups is 1. The minimum absolute atomic E-state index is 0.0290. The van der Waals surface area contributed by atoms with Crippen molar-refractivity contribution in [3.63, 3.8) is 0 Å². The van der Waals surface area contributed by atoms with Gasteiger partial charge in [0, 0.05) is 12.5 Å². The first-order valence-electron chi connectivity index (χ1n) is 5.55. The van der Waals surface area contributed by atoms with Gasteiger partial charge in [-0.05, 0) is 13.3 Å². The van der Waals surface area contributed by atoms with Crippen molar-refractivity contribution >= 4 is 15.8 Å². The van der Waals surface area contributed by atoms with Crippen LogP contribution < -0.4 is 0 Å². The highest BCUT2D eigenvalue weighted by Crippen LogP contribution is 2.18. The molecular weight excluding hydrogens is 256 g/mol. The summed E-state index contributed by atoms with van der Waals surface area (Å²) in [5.74, 6) is -0.956. The molecule has 6 nitrogen and oxygen atoms in total. The molecule has 0 aliphatic rings. The quantitative estimate of drug-likeness (QED) is 0.865. The van der Waals surface area contributed by atoms with Crippen molar-refractivity contribution in [1.29, 1.82) is 0 Å². The largest absolute Gasteiger partial charge is 0.478 e. The molecule has 0 saturated heterocycles. The molecule has 0 spiro atoms. The first-order chi connectivity index (χ1) is 8.27. The van der Waals surface area contributed by atoms with E-state index in [1.165, 1.54) is 13.1 Å². The third-order valence-corrected chi connectivity index (χ3v) is 4.10. The molecule has 1 heterocycles. The monoisotopic (exact) mass is 272 g/mol. The van der Waals surface area contributed by atoms with Gasteiger partial charge < -0.3 is 5.11 Å². The summed E-state index contributed by atoms with van der Waals surface area (Å²) in [5.41, 5.74) is 0.409. The third-order valence-electron chi connectivity index (χ3n) is 2.61. The van der Waals surface area contributed by atoms with E-state index in [-0.39, 0.29) is 11.4 Å². The summed E-state index contributed by atoms with van der Waals surface area (Å²) in [5, 5.41) is 8.15. The molecule has 0 aromatic carbocycles. The van der Waals surface area contributed by atoms with Crippen LogP contribution in [-0.4, -0.2) is 35.7 Å². The van der Waals surface area contributed by atoms with E-state index in [4.69, 9.17) is 5.11 Å². The van der Waals surface area contributed by atoms with E-state index in [0.29, 0.717) is 12.1 Å². The number of hydrogen-bond acceptors (Lipinski definition) is 5. The minimum atomic E-state index is -3.29. The van der Waals surface area contributed by atoms with Crippen LogP contribution in [-0.2, 0) is 16.3 Å². The van der Waals surface area contributed by atoms with Crippen molar-refractivity contribution < 1.29 is 18.3 Å². The van der Waals surface area contributed by atoms with Crippen LogP contribution in [0.25, 0.3) is 0 Å². The normalized spacial score (nSPS) is 13.3. The summed E-state index contributed by atoms with van der Waals surface area (Å²) in [4.78, 5) is 18.9. The van der Waals surface area contributed by atoms with Crippen molar-refractivity contribution in [2.75, 3.05) is 6.26 Å². The van der Waals surface area contributed by atoms with Crippen LogP contribution in [0.1, 0.15) is 47.4 Å². The van der Waals surface area contributed by atoms with E-state index >= 15 is 0 Å². The number of nitrogens with zero attached hydrogens (tertiary/aromatic N) is 2. The van der Waals surface area contributed by atoms with Gasteiger partial charge in [-0.3, -0.25) is 0 Å². The fourth-order valence-corrected chi connectivity index (χ4v) is 1.92. The number of aryl methyl sites for hydroxylation is 1. The zero-order valence-corrected chi connectivity index (χ0v) is 11.4. The second-order valence-electron chi connectivity index (χ2n) is 4.12. The molecule has 0 amide bonds. The molecule has 1 aromatic rings. The van der Waals surface area contributed by atoms with Gasteiger partial charge in [0.2, 0.25) is 0 Å². The molecule has 0 aliphatic carbocycles. The van der Waals surface area contributed by atoms with Crippen LogP contribution in [0.4, 0.5) is 0 Å². The summed E-state index contributed by atoms with van der Waals surface area (Å²) in [6.07, 6.45) is 3.49. The van der Waals surface area contributed by atoms with Gasteiger partial charge in [-0.15, -0.1) is 0 Å². The number of rotatable bonds is 5. The Morgan fingerprint density at radius 1 is 1.50 bits per heavy atom. The number of aromatic carboxylic acids is 1. The van der Waals surface area contributed by atoms with Gasteiger partial charge in [0.1, 0.15) is 11.1 Å². The molecule has 0 saturated carbocycles. The Kier molecular flexibility index (Phi) is 4.39. The van der Waals surface area contributed by atoms with Crippen molar-refractivity contribution in [1.82, 2.24) is 9.97 Å². The molecule has 1 aromatic heterocycles. The van der Waals surface area contributed by atoms with Crippen molar-refractivity contribution in [3.05, 3.63) is 23.3 Å². The predicted octanol–water partition coefficient (Wildman–Crippen LogP) is 1.23. The Morgan fingerprint density at radius 3 is 2.56 bits per heavy atom. The van der Waals surface area contributed by atoms with Gasteiger partial charge in [-0.25, -0.2) is 23.2 Å². The van der Waals surface area contributed by atoms with Crippen molar-refractivity contribution in [3.8, 4) is 0 Å². The van der Waals surface area contributed by atoms with Crippen LogP contribution in [0.5, 0.6) is 0 Å². The number of sulfone groups is 1. The summed E-state index contributed by atoms with van der Waals surface area (Å²) in [7, 11) is -3.29. The first-order valence-corrected chi connectivity index (χ1v) is 7.50. The molecule has 0 radical (unpaired) electrons. The summed E-state index contributed by atoms with van der Waals surface area (Å²) in [6.45, 7) is 3.38. The fraction of sp³-hybridized carbons (Fsp3) is 0.545. The average Bonchev–Trinajstić information content (AvgIpc) is 2.26. The lowest BCUT2D eigenvalue weighted by atomic mass is 10.1. The van der Waals surface area contributed by atoms with Crippen LogP contribution in [0.15, 0.2) is 6.20 Å². The number of aromatic nitrogens is 2. The maximum Gasteiger partial charge on any atom is 0.339 e. The maximum atomic E-state index is 11.4. The molecule has 0 fully saturated rings. The first kappa shape index (κ1) is 14.6. The topological polar surface area (TPSA) is 97.2 Å². The molecular formula is C11H16N2O4S. The van der Waals surface area contributed by atoms with E-state index in [0.717, 1.165) is 12.7 Å². The Morgan fingerprint density at radius 2 is 2.11 bits per heavy atom. The van der Waals surface area contributed by atoms with E-state index in [2.05, 4.69) is 9.97 Å². The molecule has 1 atom stereocenters. The number of carboxylic acid groups (broad SMARTS) is 1. The SMILES string of the molecule is CCCc1nc(C(C)S(C)(=O)=O)ncc1C(=O)O. The zero-order valence-electron chi connectivity index (χ0n) is 10.5.